The Balaban J connectivity index is 1.89. The number of methoxy groups -OCH3 is 1. The number of benzene rings is 2. The molecule has 7 nitrogen and oxygen atoms in total. The summed E-state index contributed by atoms with van der Waals surface area (Å²) in [4.78, 5) is 14.6. The predicted octanol–water partition coefficient (Wildman–Crippen LogP) is 3.59. The Hall–Kier alpha value is -2.45. The summed E-state index contributed by atoms with van der Waals surface area (Å²) < 4.78 is 5.27. The number of carbonyl (C=O) groups is 1. The van der Waals surface area contributed by atoms with E-state index in [1.807, 2.05) is 12.1 Å². The molecule has 5 N–H and O–H groups in total. The number of amides is 2. The number of carbonyl (C=O) groups excluding carboxylic acids is 1. The van der Waals surface area contributed by atoms with Crippen molar-refractivity contribution in [3.63, 3.8) is 0 Å². The third-order valence-corrected chi connectivity index (χ3v) is 7.67. The van der Waals surface area contributed by atoms with E-state index in [2.05, 4.69) is 48.6 Å². The van der Waals surface area contributed by atoms with Gasteiger partial charge in [-0.05, 0) is 67.2 Å². The maximum atomic E-state index is 12.9. The molecule has 37 heavy (non-hydrogen) atoms. The molecule has 0 spiro atoms. The van der Waals surface area contributed by atoms with Crippen LogP contribution in [0.5, 0.6) is 0 Å². The molecule has 2 aromatic rings. The summed E-state index contributed by atoms with van der Waals surface area (Å²) in [5, 5.41) is 25.0. The van der Waals surface area contributed by atoms with Gasteiger partial charge in [0.05, 0.1) is 11.7 Å². The lowest BCUT2D eigenvalue weighted by Gasteiger charge is -2.43. The number of nitrogens with zero attached hydrogens (tertiary/aromatic N) is 1. The maximum Gasteiger partial charge on any atom is 0.317 e. The van der Waals surface area contributed by atoms with Crippen molar-refractivity contribution >= 4 is 6.03 Å². The zero-order valence-corrected chi connectivity index (χ0v) is 22.5. The van der Waals surface area contributed by atoms with Gasteiger partial charge < -0.3 is 30.9 Å². The van der Waals surface area contributed by atoms with E-state index >= 15 is 0 Å². The van der Waals surface area contributed by atoms with Crippen LogP contribution in [0.25, 0.3) is 0 Å². The van der Waals surface area contributed by atoms with Crippen molar-refractivity contribution in [3.05, 3.63) is 70.8 Å². The summed E-state index contributed by atoms with van der Waals surface area (Å²) >= 11 is 0. The molecule has 1 heterocycles. The first-order chi connectivity index (χ1) is 17.9. The number of aryl methyl sites for hydroxylation is 1. The van der Waals surface area contributed by atoms with Crippen LogP contribution in [0.2, 0.25) is 0 Å². The number of likely N-dealkylation sites (tertiary alicyclic amines) is 1. The monoisotopic (exact) mass is 511 g/mol. The molecular weight excluding hydrogens is 466 g/mol. The van der Waals surface area contributed by atoms with Gasteiger partial charge in [-0.2, -0.15) is 0 Å². The molecule has 0 saturated carbocycles. The molecule has 204 valence electrons. The normalized spacial score (nSPS) is 18.3. The number of ether oxygens (including phenoxy) is 1. The highest BCUT2D eigenvalue weighted by Gasteiger charge is 2.42. The number of aliphatic hydroxyl groups is 2. The Kier molecular flexibility index (Phi) is 11.4. The summed E-state index contributed by atoms with van der Waals surface area (Å²) in [6, 6.07) is 16.5. The molecule has 1 aliphatic heterocycles. The number of aliphatic hydroxyl groups excluding tert-OH is 1. The van der Waals surface area contributed by atoms with Gasteiger partial charge in [-0.25, -0.2) is 4.79 Å². The lowest BCUT2D eigenvalue weighted by atomic mass is 9.72. The quantitative estimate of drug-likeness (QED) is 0.308. The molecule has 1 saturated heterocycles. The van der Waals surface area contributed by atoms with Crippen molar-refractivity contribution in [2.24, 2.45) is 11.7 Å². The van der Waals surface area contributed by atoms with E-state index in [4.69, 9.17) is 10.5 Å². The molecule has 7 heteroatoms. The van der Waals surface area contributed by atoms with Crippen LogP contribution in [0, 0.1) is 5.92 Å². The second kappa shape index (κ2) is 14.5. The van der Waals surface area contributed by atoms with Gasteiger partial charge in [0.1, 0.15) is 0 Å². The van der Waals surface area contributed by atoms with Gasteiger partial charge in [-0.1, -0.05) is 55.5 Å². The Labute approximate surface area is 222 Å². The largest absolute Gasteiger partial charge is 0.390 e. The number of nitrogens with two attached hydrogens (primary N) is 1. The van der Waals surface area contributed by atoms with Gasteiger partial charge in [0.15, 0.2) is 0 Å². The molecule has 1 unspecified atom stereocenters. The maximum absolute atomic E-state index is 12.9. The number of urea groups is 1. The number of unbranched alkanes of at least 4 members (excludes halogenated alkanes) is 1. The second-order valence-electron chi connectivity index (χ2n) is 10.2. The third kappa shape index (κ3) is 7.77. The number of piperidine rings is 1. The zero-order chi connectivity index (χ0) is 26.7. The van der Waals surface area contributed by atoms with E-state index in [-0.39, 0.29) is 25.0 Å². The van der Waals surface area contributed by atoms with Gasteiger partial charge in [0.2, 0.25) is 0 Å². The Morgan fingerprint density at radius 2 is 1.86 bits per heavy atom. The number of nitrogens with one attached hydrogen (secondary N) is 1. The summed E-state index contributed by atoms with van der Waals surface area (Å²) in [7, 11) is 1.70. The minimum Gasteiger partial charge on any atom is -0.390 e. The van der Waals surface area contributed by atoms with E-state index < -0.39 is 11.7 Å². The lowest BCUT2D eigenvalue weighted by Crippen LogP contribution is -2.52. The first-order valence-corrected chi connectivity index (χ1v) is 13.7. The highest BCUT2D eigenvalue weighted by Crippen LogP contribution is 2.41. The molecule has 2 aromatic carbocycles. The molecule has 3 rings (SSSR count). The second-order valence-corrected chi connectivity index (χ2v) is 10.2. The Bertz CT molecular complexity index is 985. The fourth-order valence-corrected chi connectivity index (χ4v) is 5.53. The standard InChI is InChI=1S/C30H45N3O4/c1-3-23-11-4-5-12-24(23)19-25-13-6-7-15-28(25)30(36,16-8-9-18-37-2)26-14-10-17-33(22-26)29(35)32-21-27(34)20-31/h4-7,11-13,15,26-27,34,36H,3,8-10,14,16-22,31H2,1-2H3,(H,32,35)/t26-,27?,30+/m1/s1. The van der Waals surface area contributed by atoms with Gasteiger partial charge in [0.25, 0.3) is 0 Å². The van der Waals surface area contributed by atoms with Crippen LogP contribution in [0.4, 0.5) is 4.79 Å². The SMILES string of the molecule is CCc1ccccc1Cc1ccccc1[C@](O)(CCCCOC)[C@@H]1CCCN(C(=O)NCC(O)CN)C1. The van der Waals surface area contributed by atoms with Crippen LogP contribution < -0.4 is 11.1 Å². The molecule has 0 bridgehead atoms. The third-order valence-electron chi connectivity index (χ3n) is 7.67. The minimum absolute atomic E-state index is 0.0993. The van der Waals surface area contributed by atoms with Gasteiger partial charge in [-0.15, -0.1) is 0 Å². The van der Waals surface area contributed by atoms with Crippen molar-refractivity contribution in [1.29, 1.82) is 0 Å². The lowest BCUT2D eigenvalue weighted by molar-refractivity contribution is -0.0569. The summed E-state index contributed by atoms with van der Waals surface area (Å²) in [6.07, 6.45) is 4.92. The molecule has 2 amide bonds. The van der Waals surface area contributed by atoms with E-state index in [0.717, 1.165) is 49.7 Å². The zero-order valence-electron chi connectivity index (χ0n) is 22.5. The van der Waals surface area contributed by atoms with Crippen LogP contribution >= 0.6 is 0 Å². The fourth-order valence-electron chi connectivity index (χ4n) is 5.53. The first kappa shape index (κ1) is 29.1. The summed E-state index contributed by atoms with van der Waals surface area (Å²) in [5.41, 5.74) is 9.10. The van der Waals surface area contributed by atoms with E-state index in [9.17, 15) is 15.0 Å². The first-order valence-electron chi connectivity index (χ1n) is 13.7. The molecule has 1 aliphatic rings. The number of hydrogen-bond acceptors (Lipinski definition) is 5. The number of rotatable bonds is 13. The predicted molar refractivity (Wildman–Crippen MR) is 147 cm³/mol. The molecule has 0 aromatic heterocycles. The molecule has 0 radical (unpaired) electrons. The van der Waals surface area contributed by atoms with Crippen molar-refractivity contribution in [3.8, 4) is 0 Å². The topological polar surface area (TPSA) is 108 Å². The molecular formula is C30H45N3O4. The minimum atomic E-state index is -1.07. The molecule has 1 fully saturated rings. The van der Waals surface area contributed by atoms with Gasteiger partial charge >= 0.3 is 6.03 Å². The van der Waals surface area contributed by atoms with E-state index in [1.54, 1.807) is 12.0 Å². The molecule has 0 aliphatic carbocycles. The van der Waals surface area contributed by atoms with Crippen molar-refractivity contribution in [2.45, 2.75) is 63.6 Å². The van der Waals surface area contributed by atoms with Crippen LogP contribution in [-0.4, -0.2) is 67.1 Å². The Morgan fingerprint density at radius 3 is 2.57 bits per heavy atom. The summed E-state index contributed by atoms with van der Waals surface area (Å²) in [6.45, 7) is 4.15. The van der Waals surface area contributed by atoms with Crippen LogP contribution in [0.15, 0.2) is 48.5 Å². The molecule has 3 atom stereocenters. The van der Waals surface area contributed by atoms with Crippen molar-refractivity contribution in [1.82, 2.24) is 10.2 Å². The Morgan fingerprint density at radius 1 is 1.16 bits per heavy atom. The smallest absolute Gasteiger partial charge is 0.317 e. The highest BCUT2D eigenvalue weighted by molar-refractivity contribution is 5.74. The average Bonchev–Trinajstić information content (AvgIpc) is 2.94. The van der Waals surface area contributed by atoms with Crippen LogP contribution in [0.3, 0.4) is 0 Å². The van der Waals surface area contributed by atoms with Crippen molar-refractivity contribution in [2.75, 3.05) is 39.9 Å². The van der Waals surface area contributed by atoms with E-state index in [0.29, 0.717) is 26.1 Å². The van der Waals surface area contributed by atoms with Crippen LogP contribution in [0.1, 0.15) is 61.3 Å². The number of hydrogen-bond donors (Lipinski definition) is 4. The average molecular weight is 512 g/mol. The van der Waals surface area contributed by atoms with Crippen molar-refractivity contribution < 1.29 is 19.7 Å². The summed E-state index contributed by atoms with van der Waals surface area (Å²) in [5.74, 6) is -0.100. The van der Waals surface area contributed by atoms with Gasteiger partial charge in [0, 0.05) is 45.8 Å². The van der Waals surface area contributed by atoms with E-state index in [1.165, 1.54) is 11.1 Å². The van der Waals surface area contributed by atoms with Gasteiger partial charge in [-0.3, -0.25) is 0 Å². The highest BCUT2D eigenvalue weighted by atomic mass is 16.5. The van der Waals surface area contributed by atoms with Crippen LogP contribution in [-0.2, 0) is 23.2 Å². The fraction of sp³-hybridized carbons (Fsp3) is 0.567.